The maximum atomic E-state index is 5.89. The summed E-state index contributed by atoms with van der Waals surface area (Å²) < 4.78 is 1.17. The Labute approximate surface area is 123 Å². The van der Waals surface area contributed by atoms with Crippen LogP contribution in [0, 0.1) is 0 Å². The third kappa shape index (κ3) is 3.12. The first-order chi connectivity index (χ1) is 9.22. The van der Waals surface area contributed by atoms with Crippen molar-refractivity contribution in [2.45, 2.75) is 31.8 Å². The number of benzene rings is 1. The molecule has 2 N–H and O–H groups in total. The maximum Gasteiger partial charge on any atom is 0.0318 e. The molecule has 0 aliphatic carbocycles. The summed E-state index contributed by atoms with van der Waals surface area (Å²) >= 11 is 3.63. The van der Waals surface area contributed by atoms with Gasteiger partial charge in [0.15, 0.2) is 0 Å². The summed E-state index contributed by atoms with van der Waals surface area (Å²) in [4.78, 5) is 5.25. The fourth-order valence-corrected chi connectivity index (χ4v) is 3.69. The van der Waals surface area contributed by atoms with Gasteiger partial charge in [0.1, 0.15) is 0 Å². The van der Waals surface area contributed by atoms with Crippen molar-refractivity contribution >= 4 is 21.6 Å². The van der Waals surface area contributed by atoms with Crippen molar-refractivity contribution in [1.29, 1.82) is 0 Å². The number of nitrogens with zero attached hydrogens (tertiary/aromatic N) is 2. The van der Waals surface area contributed by atoms with Crippen molar-refractivity contribution in [2.75, 3.05) is 31.9 Å². The summed E-state index contributed by atoms with van der Waals surface area (Å²) in [6.07, 6.45) is 4.16. The largest absolute Gasteiger partial charge is 0.399 e. The third-order valence-electron chi connectivity index (χ3n) is 4.39. The normalized spacial score (nSPS) is 25.2. The zero-order valence-corrected chi connectivity index (χ0v) is 12.9. The van der Waals surface area contributed by atoms with Crippen LogP contribution in [0.3, 0.4) is 0 Å². The molecule has 2 saturated heterocycles. The molecule has 1 unspecified atom stereocenters. The van der Waals surface area contributed by atoms with Crippen molar-refractivity contribution in [1.82, 2.24) is 9.80 Å². The summed E-state index contributed by atoms with van der Waals surface area (Å²) in [7, 11) is 0. The fourth-order valence-electron chi connectivity index (χ4n) is 3.32. The molecule has 2 aliphatic heterocycles. The van der Waals surface area contributed by atoms with Crippen LogP contribution in [0.4, 0.5) is 5.69 Å². The first-order valence-electron chi connectivity index (χ1n) is 7.23. The van der Waals surface area contributed by atoms with Crippen LogP contribution in [-0.2, 0) is 6.54 Å². The number of piperazine rings is 1. The number of nitrogen functional groups attached to an aromatic ring is 1. The maximum absolute atomic E-state index is 5.89. The average molecular weight is 324 g/mol. The monoisotopic (exact) mass is 323 g/mol. The summed E-state index contributed by atoms with van der Waals surface area (Å²) in [5.41, 5.74) is 8.06. The third-order valence-corrected chi connectivity index (χ3v) is 5.16. The van der Waals surface area contributed by atoms with Gasteiger partial charge in [-0.3, -0.25) is 9.80 Å². The van der Waals surface area contributed by atoms with Gasteiger partial charge in [0, 0.05) is 42.4 Å². The van der Waals surface area contributed by atoms with E-state index in [1.54, 1.807) is 0 Å². The lowest BCUT2D eigenvalue weighted by atomic mass is 9.99. The highest BCUT2D eigenvalue weighted by molar-refractivity contribution is 9.10. The molecule has 2 aliphatic rings. The van der Waals surface area contributed by atoms with E-state index in [1.807, 2.05) is 6.07 Å². The van der Waals surface area contributed by atoms with Crippen LogP contribution in [0.1, 0.15) is 24.8 Å². The minimum Gasteiger partial charge on any atom is -0.399 e. The minimum absolute atomic E-state index is 0.780. The Balaban J connectivity index is 1.65. The zero-order chi connectivity index (χ0) is 13.2. The molecule has 2 fully saturated rings. The van der Waals surface area contributed by atoms with Gasteiger partial charge in [0.25, 0.3) is 0 Å². The van der Waals surface area contributed by atoms with Crippen molar-refractivity contribution < 1.29 is 0 Å². The molecule has 1 aromatic carbocycles. The molecule has 0 radical (unpaired) electrons. The lowest BCUT2D eigenvalue weighted by molar-refractivity contribution is 0.0456. The van der Waals surface area contributed by atoms with E-state index >= 15 is 0 Å². The molecule has 1 aromatic rings. The van der Waals surface area contributed by atoms with Crippen molar-refractivity contribution in [3.63, 3.8) is 0 Å². The van der Waals surface area contributed by atoms with E-state index in [2.05, 4.69) is 37.9 Å². The highest BCUT2D eigenvalue weighted by Gasteiger charge is 2.28. The predicted octanol–water partition coefficient (Wildman–Crippen LogP) is 2.70. The molecular weight excluding hydrogens is 302 g/mol. The first-order valence-corrected chi connectivity index (χ1v) is 8.02. The van der Waals surface area contributed by atoms with Crippen molar-refractivity contribution in [3.05, 3.63) is 28.2 Å². The van der Waals surface area contributed by atoms with E-state index in [-0.39, 0.29) is 0 Å². The lowest BCUT2D eigenvalue weighted by Gasteiger charge is -2.44. The Kier molecular flexibility index (Phi) is 4.10. The Bertz CT molecular complexity index is 449. The number of anilines is 1. The van der Waals surface area contributed by atoms with Crippen molar-refractivity contribution in [2.24, 2.45) is 0 Å². The number of hydrogen-bond acceptors (Lipinski definition) is 3. The van der Waals surface area contributed by atoms with Crippen LogP contribution < -0.4 is 5.73 Å². The van der Waals surface area contributed by atoms with E-state index in [1.165, 1.54) is 55.5 Å². The molecule has 3 rings (SSSR count). The fraction of sp³-hybridized carbons (Fsp3) is 0.600. The van der Waals surface area contributed by atoms with Crippen LogP contribution in [0.5, 0.6) is 0 Å². The molecule has 0 amide bonds. The van der Waals surface area contributed by atoms with Crippen LogP contribution in [0.25, 0.3) is 0 Å². The Morgan fingerprint density at radius 2 is 2.11 bits per heavy atom. The van der Waals surface area contributed by atoms with Gasteiger partial charge in [-0.15, -0.1) is 0 Å². The topological polar surface area (TPSA) is 32.5 Å². The summed E-state index contributed by atoms with van der Waals surface area (Å²) in [5.74, 6) is 0. The molecule has 0 bridgehead atoms. The van der Waals surface area contributed by atoms with Crippen LogP contribution >= 0.6 is 15.9 Å². The molecule has 19 heavy (non-hydrogen) atoms. The smallest absolute Gasteiger partial charge is 0.0318 e. The van der Waals surface area contributed by atoms with Crippen LogP contribution in [0.15, 0.2) is 22.7 Å². The second kappa shape index (κ2) is 5.81. The first kappa shape index (κ1) is 13.4. The molecule has 0 saturated carbocycles. The second-order valence-corrected chi connectivity index (χ2v) is 6.63. The number of fused-ring (bicyclic) bond motifs is 1. The second-order valence-electron chi connectivity index (χ2n) is 5.77. The number of piperidine rings is 1. The molecule has 104 valence electrons. The highest BCUT2D eigenvalue weighted by Crippen LogP contribution is 2.25. The molecule has 0 spiro atoms. The van der Waals surface area contributed by atoms with Gasteiger partial charge in [-0.1, -0.05) is 22.4 Å². The minimum atomic E-state index is 0.780. The van der Waals surface area contributed by atoms with Gasteiger partial charge in [-0.05, 0) is 43.1 Å². The lowest BCUT2D eigenvalue weighted by Crippen LogP contribution is -2.54. The number of nitrogens with two attached hydrogens (primary N) is 1. The van der Waals surface area contributed by atoms with Gasteiger partial charge in [0.2, 0.25) is 0 Å². The molecule has 4 heteroatoms. The standard InChI is InChI=1S/C15H22BrN3/c16-15-5-4-13(17)9-12(15)10-18-7-8-19-6-2-1-3-14(19)11-18/h4-5,9,14H,1-3,6-8,10-11,17H2. The number of hydrogen-bond donors (Lipinski definition) is 1. The van der Waals surface area contributed by atoms with Gasteiger partial charge in [0.05, 0.1) is 0 Å². The van der Waals surface area contributed by atoms with Crippen LogP contribution in [-0.4, -0.2) is 42.0 Å². The highest BCUT2D eigenvalue weighted by atomic mass is 79.9. The van der Waals surface area contributed by atoms with Gasteiger partial charge in [-0.25, -0.2) is 0 Å². The Morgan fingerprint density at radius 3 is 3.00 bits per heavy atom. The van der Waals surface area contributed by atoms with Gasteiger partial charge in [-0.2, -0.15) is 0 Å². The predicted molar refractivity (Wildman–Crippen MR) is 83.0 cm³/mol. The van der Waals surface area contributed by atoms with E-state index in [4.69, 9.17) is 5.73 Å². The van der Waals surface area contributed by atoms with E-state index in [0.717, 1.165) is 18.3 Å². The summed E-state index contributed by atoms with van der Waals surface area (Å²) in [6, 6.07) is 6.88. The van der Waals surface area contributed by atoms with E-state index in [0.29, 0.717) is 0 Å². The Hall–Kier alpha value is -0.580. The number of halogens is 1. The van der Waals surface area contributed by atoms with E-state index in [9.17, 15) is 0 Å². The number of rotatable bonds is 2. The van der Waals surface area contributed by atoms with Crippen molar-refractivity contribution in [3.8, 4) is 0 Å². The molecule has 3 nitrogen and oxygen atoms in total. The summed E-state index contributed by atoms with van der Waals surface area (Å²) in [6.45, 7) is 5.93. The van der Waals surface area contributed by atoms with Gasteiger partial charge < -0.3 is 5.73 Å². The quantitative estimate of drug-likeness (QED) is 0.849. The Morgan fingerprint density at radius 1 is 1.21 bits per heavy atom. The summed E-state index contributed by atoms with van der Waals surface area (Å²) in [5, 5.41) is 0. The molecule has 1 atom stereocenters. The molecule has 2 heterocycles. The average Bonchev–Trinajstić information content (AvgIpc) is 2.43. The molecular formula is C15H22BrN3. The SMILES string of the molecule is Nc1ccc(Br)c(CN2CCN3CCCCC3C2)c1. The molecule has 0 aromatic heterocycles. The zero-order valence-electron chi connectivity index (χ0n) is 11.3. The van der Waals surface area contributed by atoms with Crippen LogP contribution in [0.2, 0.25) is 0 Å². The van der Waals surface area contributed by atoms with Gasteiger partial charge >= 0.3 is 0 Å². The van der Waals surface area contributed by atoms with E-state index < -0.39 is 0 Å².